The van der Waals surface area contributed by atoms with E-state index in [1.54, 1.807) is 60.5 Å². The van der Waals surface area contributed by atoms with Gasteiger partial charge in [-0.1, -0.05) is 30.2 Å². The van der Waals surface area contributed by atoms with Crippen molar-refractivity contribution in [2.45, 2.75) is 13.0 Å². The first-order chi connectivity index (χ1) is 19.9. The Morgan fingerprint density at radius 2 is 1.83 bits per heavy atom. The molecule has 12 heteroatoms. The number of hydrogen-bond acceptors (Lipinski definition) is 8. The maximum Gasteiger partial charge on any atom is 0.281 e. The molecular formula is C29H24N10O2. The number of hydrogen-bond donors (Lipinski definition) is 3. The Morgan fingerprint density at radius 1 is 1.00 bits per heavy atom. The number of para-hydroxylation sites is 1. The van der Waals surface area contributed by atoms with Gasteiger partial charge in [0.1, 0.15) is 11.3 Å². The molecule has 1 amide bonds. The Balaban J connectivity index is 1.45. The molecule has 0 aliphatic carbocycles. The van der Waals surface area contributed by atoms with Crippen molar-refractivity contribution in [2.24, 2.45) is 7.05 Å². The van der Waals surface area contributed by atoms with Crippen LogP contribution in [0.3, 0.4) is 0 Å². The van der Waals surface area contributed by atoms with Gasteiger partial charge in [-0.15, -0.1) is 5.10 Å². The highest BCUT2D eigenvalue weighted by molar-refractivity contribution is 6.04. The van der Waals surface area contributed by atoms with Gasteiger partial charge in [-0.25, -0.2) is 19.2 Å². The van der Waals surface area contributed by atoms with Crippen LogP contribution in [0.1, 0.15) is 40.4 Å². The summed E-state index contributed by atoms with van der Waals surface area (Å²) in [6.45, 7) is 1.73. The van der Waals surface area contributed by atoms with Crippen LogP contribution in [0.4, 0.5) is 11.5 Å². The average molecular weight is 545 g/mol. The number of nitrogens with one attached hydrogen (secondary N) is 2. The minimum Gasteiger partial charge on any atom is -0.381 e. The summed E-state index contributed by atoms with van der Waals surface area (Å²) >= 11 is 0. The first-order valence-corrected chi connectivity index (χ1v) is 12.7. The van der Waals surface area contributed by atoms with Gasteiger partial charge in [0.2, 0.25) is 0 Å². The number of benzene rings is 2. The first-order valence-electron chi connectivity index (χ1n) is 12.7. The number of anilines is 2. The lowest BCUT2D eigenvalue weighted by atomic mass is 10.1. The number of aryl methyl sites for hydroxylation is 1. The van der Waals surface area contributed by atoms with Crippen LogP contribution in [0.15, 0.2) is 84.0 Å². The van der Waals surface area contributed by atoms with E-state index >= 15 is 0 Å². The van der Waals surface area contributed by atoms with E-state index in [9.17, 15) is 9.59 Å². The summed E-state index contributed by atoms with van der Waals surface area (Å²) < 4.78 is 4.42. The molecule has 6 rings (SSSR count). The largest absolute Gasteiger partial charge is 0.381 e. The molecule has 0 saturated heterocycles. The minimum absolute atomic E-state index is 0.0378. The second-order valence-corrected chi connectivity index (χ2v) is 9.26. The molecule has 2 aromatic carbocycles. The summed E-state index contributed by atoms with van der Waals surface area (Å²) in [4.78, 5) is 36.5. The molecule has 0 unspecified atom stereocenters. The maximum absolute atomic E-state index is 14.1. The van der Waals surface area contributed by atoms with Crippen LogP contribution < -0.4 is 22.0 Å². The molecule has 4 aromatic heterocycles. The highest BCUT2D eigenvalue weighted by Crippen LogP contribution is 2.20. The lowest BCUT2D eigenvalue weighted by molar-refractivity contribution is 0.0940. The fourth-order valence-electron chi connectivity index (χ4n) is 4.46. The fourth-order valence-corrected chi connectivity index (χ4v) is 4.46. The summed E-state index contributed by atoms with van der Waals surface area (Å²) in [5.74, 6) is 5.89. The molecule has 0 radical (unpaired) electrons. The third-order valence-corrected chi connectivity index (χ3v) is 6.36. The molecular weight excluding hydrogens is 520 g/mol. The molecule has 0 bridgehead atoms. The summed E-state index contributed by atoms with van der Waals surface area (Å²) in [6.07, 6.45) is 5.00. The zero-order valence-corrected chi connectivity index (χ0v) is 22.1. The lowest BCUT2D eigenvalue weighted by Crippen LogP contribution is -2.37. The van der Waals surface area contributed by atoms with Gasteiger partial charge >= 0.3 is 0 Å². The van der Waals surface area contributed by atoms with Crippen LogP contribution in [0, 0.1) is 11.8 Å². The van der Waals surface area contributed by atoms with Crippen LogP contribution in [-0.4, -0.2) is 39.9 Å². The van der Waals surface area contributed by atoms with Crippen LogP contribution in [0.25, 0.3) is 16.6 Å². The van der Waals surface area contributed by atoms with Crippen molar-refractivity contribution in [3.05, 3.63) is 112 Å². The zero-order valence-electron chi connectivity index (χ0n) is 22.1. The van der Waals surface area contributed by atoms with Crippen molar-refractivity contribution in [2.75, 3.05) is 11.2 Å². The van der Waals surface area contributed by atoms with Gasteiger partial charge in [0, 0.05) is 31.2 Å². The smallest absolute Gasteiger partial charge is 0.281 e. The van der Waals surface area contributed by atoms with Crippen LogP contribution in [0.5, 0.6) is 0 Å². The number of nitrogens with two attached hydrogens (primary N) is 1. The maximum atomic E-state index is 14.1. The molecule has 4 heterocycles. The van der Waals surface area contributed by atoms with Gasteiger partial charge in [0.05, 0.1) is 22.6 Å². The topological polar surface area (TPSA) is 150 Å². The van der Waals surface area contributed by atoms with E-state index in [0.29, 0.717) is 33.5 Å². The van der Waals surface area contributed by atoms with Gasteiger partial charge < -0.3 is 11.1 Å². The number of carbonyl (C=O) groups is 1. The number of amides is 1. The number of carbonyl (C=O) groups excluding carboxylic acids is 1. The molecule has 202 valence electrons. The lowest BCUT2D eigenvalue weighted by Gasteiger charge is -2.20. The Hall–Kier alpha value is -5.96. The van der Waals surface area contributed by atoms with Crippen LogP contribution in [0.2, 0.25) is 0 Å². The Labute approximate surface area is 233 Å². The summed E-state index contributed by atoms with van der Waals surface area (Å²) in [5, 5.41) is 11.7. The highest BCUT2D eigenvalue weighted by atomic mass is 16.2. The van der Waals surface area contributed by atoms with Crippen molar-refractivity contribution >= 4 is 34.0 Å². The second-order valence-electron chi connectivity index (χ2n) is 9.26. The number of aromatic nitrogens is 7. The zero-order chi connectivity index (χ0) is 28.5. The predicted octanol–water partition coefficient (Wildman–Crippen LogP) is 2.52. The Bertz CT molecular complexity index is 2050. The van der Waals surface area contributed by atoms with E-state index in [1.807, 2.05) is 37.4 Å². The third kappa shape index (κ3) is 4.83. The highest BCUT2D eigenvalue weighted by Gasteiger charge is 2.24. The molecule has 12 nitrogen and oxygen atoms in total. The minimum atomic E-state index is -0.725. The van der Waals surface area contributed by atoms with Crippen molar-refractivity contribution in [1.29, 1.82) is 0 Å². The number of nitrogens with zero attached hydrogens (tertiary/aromatic N) is 7. The van der Waals surface area contributed by atoms with E-state index < -0.39 is 11.9 Å². The molecule has 4 N–H and O–H groups in total. The molecule has 0 aliphatic heterocycles. The Kier molecular flexibility index (Phi) is 6.37. The molecule has 6 aromatic rings. The van der Waals surface area contributed by atoms with E-state index in [1.165, 1.54) is 9.19 Å². The quantitative estimate of drug-likeness (QED) is 0.280. The van der Waals surface area contributed by atoms with Crippen molar-refractivity contribution in [3.63, 3.8) is 0 Å². The average Bonchev–Trinajstić information content (AvgIpc) is 3.55. The normalized spacial score (nSPS) is 11.7. The molecule has 41 heavy (non-hydrogen) atoms. The fraction of sp³-hybridized carbons (Fsp3) is 0.103. The molecule has 0 aliphatic rings. The third-order valence-electron chi connectivity index (χ3n) is 6.36. The molecule has 0 spiro atoms. The monoisotopic (exact) mass is 544 g/mol. The molecule has 0 saturated carbocycles. The number of rotatable bonds is 5. The number of fused-ring (bicyclic) bond motifs is 2. The second kappa shape index (κ2) is 10.3. The van der Waals surface area contributed by atoms with E-state index in [0.717, 1.165) is 0 Å². The van der Waals surface area contributed by atoms with E-state index in [-0.39, 0.29) is 22.8 Å². The van der Waals surface area contributed by atoms with Gasteiger partial charge in [-0.05, 0) is 49.2 Å². The van der Waals surface area contributed by atoms with Gasteiger partial charge in [-0.3, -0.25) is 19.7 Å². The number of nitrogen functional groups attached to an aromatic ring is 1. The van der Waals surface area contributed by atoms with E-state index in [4.69, 9.17) is 10.7 Å². The van der Waals surface area contributed by atoms with Crippen molar-refractivity contribution < 1.29 is 4.79 Å². The predicted molar refractivity (Wildman–Crippen MR) is 154 cm³/mol. The van der Waals surface area contributed by atoms with Gasteiger partial charge in [0.25, 0.3) is 11.5 Å². The van der Waals surface area contributed by atoms with E-state index in [2.05, 4.69) is 37.8 Å². The summed E-state index contributed by atoms with van der Waals surface area (Å²) in [7, 11) is 1.81. The van der Waals surface area contributed by atoms with Gasteiger partial charge in [-0.2, -0.15) is 5.10 Å². The standard InChI is InChI=1S/C29H24N10O2/c1-18(32-28(40)24-25(30)36-38-16-7-15-31-27(24)38)26-33-22-11-6-8-19(12-13-21-14-17-37(2)34-21)23(22)29(41)39(26)35-20-9-4-3-5-10-20/h3-11,14-18,35H,1-2H3,(H2,30,36)(H,32,40)/t18-/m0/s1. The summed E-state index contributed by atoms with van der Waals surface area (Å²) in [5.41, 5.74) is 11.4. The van der Waals surface area contributed by atoms with Gasteiger partial charge in [0.15, 0.2) is 17.3 Å². The molecule has 0 fully saturated rings. The van der Waals surface area contributed by atoms with Crippen LogP contribution >= 0.6 is 0 Å². The molecule has 1 atom stereocenters. The SMILES string of the molecule is C[C@H](NC(=O)c1c(N)nn2cccnc12)c1nc2cccc(C#Cc3ccn(C)n3)c2c(=O)n1Nc1ccccc1. The first kappa shape index (κ1) is 25.3. The van der Waals surface area contributed by atoms with Crippen molar-refractivity contribution in [1.82, 2.24) is 39.4 Å². The van der Waals surface area contributed by atoms with Crippen molar-refractivity contribution in [3.8, 4) is 11.8 Å². The Morgan fingerprint density at radius 3 is 2.61 bits per heavy atom. The van der Waals surface area contributed by atoms with Crippen LogP contribution in [-0.2, 0) is 7.05 Å². The summed E-state index contributed by atoms with van der Waals surface area (Å²) in [6, 6.07) is 17.2.